The number of rotatable bonds is 3. The summed E-state index contributed by atoms with van der Waals surface area (Å²) in [6.07, 6.45) is -0.842. The van der Waals surface area contributed by atoms with Crippen molar-refractivity contribution in [2.75, 3.05) is 13.2 Å². The van der Waals surface area contributed by atoms with Gasteiger partial charge in [-0.1, -0.05) is 0 Å². The smallest absolute Gasteiger partial charge is 0.296 e. The Morgan fingerprint density at radius 2 is 2.06 bits per heavy atom. The van der Waals surface area contributed by atoms with E-state index in [1.54, 1.807) is 0 Å². The number of hydrogen-bond acceptors (Lipinski definition) is 3. The third-order valence-corrected chi connectivity index (χ3v) is 2.76. The van der Waals surface area contributed by atoms with Crippen LogP contribution in [-0.2, 0) is 4.74 Å². The molecule has 2 heterocycles. The van der Waals surface area contributed by atoms with Crippen LogP contribution in [-0.4, -0.2) is 19.5 Å². The van der Waals surface area contributed by atoms with Crippen LogP contribution >= 0.6 is 0 Å². The van der Waals surface area contributed by atoms with Crippen molar-refractivity contribution < 1.29 is 22.7 Å². The molecule has 0 spiro atoms. The Morgan fingerprint density at radius 3 is 2.56 bits per heavy atom. The van der Waals surface area contributed by atoms with Crippen molar-refractivity contribution in [3.8, 4) is 0 Å². The van der Waals surface area contributed by atoms with Crippen molar-refractivity contribution in [2.24, 2.45) is 0 Å². The minimum Gasteiger partial charge on any atom is -0.459 e. The van der Waals surface area contributed by atoms with Crippen molar-refractivity contribution in [1.29, 1.82) is 0 Å². The van der Waals surface area contributed by atoms with E-state index in [0.29, 0.717) is 25.3 Å². The molecular weight excluding hydrogens is 218 g/mol. The second-order valence-electron chi connectivity index (χ2n) is 3.77. The zero-order chi connectivity index (χ0) is 11.5. The molecule has 0 amide bonds. The normalized spacial score (nSPS) is 17.9. The predicted octanol–water partition coefficient (Wildman–Crippen LogP) is 2.92. The molecule has 88 valence electrons. The molecule has 16 heavy (non-hydrogen) atoms. The van der Waals surface area contributed by atoms with Gasteiger partial charge in [-0.3, -0.25) is 4.79 Å². The van der Waals surface area contributed by atoms with Gasteiger partial charge >= 0.3 is 0 Å². The number of hydrogen-bond donors (Lipinski definition) is 0. The molecule has 0 bridgehead atoms. The highest BCUT2D eigenvalue weighted by molar-refractivity contribution is 5.76. The van der Waals surface area contributed by atoms with Crippen LogP contribution < -0.4 is 0 Å². The van der Waals surface area contributed by atoms with Gasteiger partial charge in [-0.15, -0.1) is 0 Å². The summed E-state index contributed by atoms with van der Waals surface area (Å²) in [6.45, 7) is 1.21. The fourth-order valence-electron chi connectivity index (χ4n) is 1.89. The number of halogens is 2. The fourth-order valence-corrected chi connectivity index (χ4v) is 1.89. The van der Waals surface area contributed by atoms with Gasteiger partial charge in [0.1, 0.15) is 5.76 Å². The van der Waals surface area contributed by atoms with E-state index in [9.17, 15) is 13.6 Å². The molecule has 1 aromatic heterocycles. The van der Waals surface area contributed by atoms with E-state index in [-0.39, 0.29) is 11.5 Å². The lowest BCUT2D eigenvalue weighted by Crippen LogP contribution is -2.13. The summed E-state index contributed by atoms with van der Waals surface area (Å²) in [4.78, 5) is 10.6. The van der Waals surface area contributed by atoms with Crippen molar-refractivity contribution in [3.05, 3.63) is 23.2 Å². The second-order valence-corrected chi connectivity index (χ2v) is 3.77. The van der Waals surface area contributed by atoms with E-state index in [2.05, 4.69) is 0 Å². The van der Waals surface area contributed by atoms with E-state index < -0.39 is 12.2 Å². The van der Waals surface area contributed by atoms with Crippen LogP contribution in [0.5, 0.6) is 0 Å². The first kappa shape index (κ1) is 11.3. The molecule has 1 aromatic rings. The molecule has 0 unspecified atom stereocenters. The molecule has 0 radical (unpaired) electrons. The number of carbonyl (C=O) groups is 1. The van der Waals surface area contributed by atoms with Gasteiger partial charge in [-0.25, -0.2) is 8.78 Å². The lowest BCUT2D eigenvalue weighted by Gasteiger charge is -2.19. The van der Waals surface area contributed by atoms with Crippen molar-refractivity contribution in [1.82, 2.24) is 0 Å². The first-order valence-corrected chi connectivity index (χ1v) is 5.17. The monoisotopic (exact) mass is 230 g/mol. The molecule has 1 saturated heterocycles. The SMILES string of the molecule is O=Cc1cc(C2CCOCC2)oc1C(F)F. The third-order valence-electron chi connectivity index (χ3n) is 2.76. The Morgan fingerprint density at radius 1 is 1.38 bits per heavy atom. The molecule has 1 aliphatic rings. The molecule has 5 heteroatoms. The molecule has 3 nitrogen and oxygen atoms in total. The molecule has 1 aliphatic heterocycles. The second kappa shape index (κ2) is 4.74. The number of ether oxygens (including phenoxy) is 1. The van der Waals surface area contributed by atoms with Gasteiger partial charge in [0.2, 0.25) is 0 Å². The molecular formula is C11H12F2O3. The maximum absolute atomic E-state index is 12.5. The van der Waals surface area contributed by atoms with Gasteiger partial charge < -0.3 is 9.15 Å². The van der Waals surface area contributed by atoms with E-state index in [1.165, 1.54) is 6.07 Å². The molecule has 2 rings (SSSR count). The number of alkyl halides is 2. The fraction of sp³-hybridized carbons (Fsp3) is 0.545. The van der Waals surface area contributed by atoms with Crippen LogP contribution in [0.1, 0.15) is 47.1 Å². The molecule has 0 aromatic carbocycles. The first-order valence-electron chi connectivity index (χ1n) is 5.17. The maximum Gasteiger partial charge on any atom is 0.296 e. The van der Waals surface area contributed by atoms with Gasteiger partial charge in [0.05, 0.1) is 5.56 Å². The summed E-state index contributed by atoms with van der Waals surface area (Å²) in [5, 5.41) is 0. The number of aldehydes is 1. The van der Waals surface area contributed by atoms with Crippen LogP contribution in [0.2, 0.25) is 0 Å². The van der Waals surface area contributed by atoms with Crippen LogP contribution in [0.25, 0.3) is 0 Å². The number of furan rings is 1. The largest absolute Gasteiger partial charge is 0.459 e. The standard InChI is InChI=1S/C11H12F2O3/c12-11(13)10-8(6-14)5-9(16-10)7-1-3-15-4-2-7/h5-7,11H,1-4H2. The van der Waals surface area contributed by atoms with E-state index in [1.807, 2.05) is 0 Å². The molecule has 0 saturated carbocycles. The highest BCUT2D eigenvalue weighted by Crippen LogP contribution is 2.33. The van der Waals surface area contributed by atoms with Gasteiger partial charge in [-0.2, -0.15) is 0 Å². The van der Waals surface area contributed by atoms with Crippen LogP contribution in [0.4, 0.5) is 8.78 Å². The molecule has 0 aliphatic carbocycles. The van der Waals surface area contributed by atoms with Gasteiger partial charge in [0.25, 0.3) is 6.43 Å². The van der Waals surface area contributed by atoms with E-state index in [0.717, 1.165) is 12.8 Å². The minimum atomic E-state index is -2.74. The highest BCUT2D eigenvalue weighted by atomic mass is 19.3. The lowest BCUT2D eigenvalue weighted by molar-refractivity contribution is 0.0768. The predicted molar refractivity (Wildman–Crippen MR) is 51.8 cm³/mol. The van der Waals surface area contributed by atoms with E-state index >= 15 is 0 Å². The zero-order valence-electron chi connectivity index (χ0n) is 8.62. The third kappa shape index (κ3) is 2.14. The Balaban J connectivity index is 2.24. The van der Waals surface area contributed by atoms with Crippen molar-refractivity contribution in [3.63, 3.8) is 0 Å². The van der Waals surface area contributed by atoms with Gasteiger partial charge in [0.15, 0.2) is 12.0 Å². The lowest BCUT2D eigenvalue weighted by atomic mass is 9.97. The Labute approximate surface area is 91.4 Å². The Hall–Kier alpha value is -1.23. The summed E-state index contributed by atoms with van der Waals surface area (Å²) < 4.78 is 35.3. The minimum absolute atomic E-state index is 0.0449. The number of carbonyl (C=O) groups excluding carboxylic acids is 1. The molecule has 0 atom stereocenters. The van der Waals surface area contributed by atoms with Crippen LogP contribution in [0.3, 0.4) is 0 Å². The first-order chi connectivity index (χ1) is 7.72. The van der Waals surface area contributed by atoms with Crippen LogP contribution in [0.15, 0.2) is 10.5 Å². The van der Waals surface area contributed by atoms with Crippen LogP contribution in [0, 0.1) is 0 Å². The van der Waals surface area contributed by atoms with Crippen molar-refractivity contribution in [2.45, 2.75) is 25.2 Å². The quantitative estimate of drug-likeness (QED) is 0.749. The average molecular weight is 230 g/mol. The molecule has 1 fully saturated rings. The van der Waals surface area contributed by atoms with Crippen molar-refractivity contribution >= 4 is 6.29 Å². The summed E-state index contributed by atoms with van der Waals surface area (Å²) in [7, 11) is 0. The summed E-state index contributed by atoms with van der Waals surface area (Å²) in [5.41, 5.74) is -0.0449. The average Bonchev–Trinajstić information content (AvgIpc) is 2.74. The summed E-state index contributed by atoms with van der Waals surface area (Å²) in [6, 6.07) is 1.42. The summed E-state index contributed by atoms with van der Waals surface area (Å²) >= 11 is 0. The summed E-state index contributed by atoms with van der Waals surface area (Å²) in [5.74, 6) is 0.0390. The topological polar surface area (TPSA) is 39.4 Å². The zero-order valence-corrected chi connectivity index (χ0v) is 8.62. The molecule has 0 N–H and O–H groups in total. The Kier molecular flexibility index (Phi) is 3.33. The van der Waals surface area contributed by atoms with E-state index in [4.69, 9.17) is 9.15 Å². The Bertz CT molecular complexity index is 367. The highest BCUT2D eigenvalue weighted by Gasteiger charge is 2.25. The van der Waals surface area contributed by atoms with Gasteiger partial charge in [0, 0.05) is 19.1 Å². The maximum atomic E-state index is 12.5. The van der Waals surface area contributed by atoms with Gasteiger partial charge in [-0.05, 0) is 18.9 Å².